The molecule has 2 saturated carbocycles. The number of carbonyl (C=O) groups is 1. The number of ether oxygens (including phenoxy) is 1. The molecule has 0 heterocycles. The van der Waals surface area contributed by atoms with Gasteiger partial charge in [0.1, 0.15) is 0 Å². The quantitative estimate of drug-likeness (QED) is 0.542. The van der Waals surface area contributed by atoms with Crippen LogP contribution in [0.4, 0.5) is 0 Å². The van der Waals surface area contributed by atoms with E-state index in [1.807, 2.05) is 0 Å². The van der Waals surface area contributed by atoms with E-state index in [-0.39, 0.29) is 5.97 Å². The van der Waals surface area contributed by atoms with E-state index in [4.69, 9.17) is 4.74 Å². The van der Waals surface area contributed by atoms with Crippen LogP contribution in [0.15, 0.2) is 12.2 Å². The monoisotopic (exact) mass is 250 g/mol. The van der Waals surface area contributed by atoms with Gasteiger partial charge in [-0.15, -0.1) is 0 Å². The van der Waals surface area contributed by atoms with Crippen molar-refractivity contribution in [2.75, 3.05) is 6.61 Å². The molecule has 0 N–H and O–H groups in total. The maximum atomic E-state index is 11.6. The summed E-state index contributed by atoms with van der Waals surface area (Å²) in [5, 5.41) is 0. The van der Waals surface area contributed by atoms with Gasteiger partial charge in [-0.05, 0) is 24.7 Å². The van der Waals surface area contributed by atoms with Gasteiger partial charge in [-0.2, -0.15) is 0 Å². The van der Waals surface area contributed by atoms with Crippen LogP contribution in [-0.4, -0.2) is 12.6 Å². The van der Waals surface area contributed by atoms with Crippen molar-refractivity contribution in [1.29, 1.82) is 0 Å². The highest BCUT2D eigenvalue weighted by molar-refractivity contribution is 5.86. The molecule has 0 aromatic heterocycles. The van der Waals surface area contributed by atoms with Gasteiger partial charge in [0, 0.05) is 5.57 Å². The highest BCUT2D eigenvalue weighted by Gasteiger charge is 2.33. The van der Waals surface area contributed by atoms with E-state index in [2.05, 4.69) is 6.58 Å². The Bertz CT molecular complexity index is 280. The third-order valence-electron chi connectivity index (χ3n) is 4.77. The first-order chi connectivity index (χ1) is 8.68. The molecule has 0 radical (unpaired) electrons. The predicted octanol–water partition coefficient (Wildman–Crippen LogP) is 4.10. The first kappa shape index (κ1) is 13.6. The summed E-state index contributed by atoms with van der Waals surface area (Å²) in [6.07, 6.45) is 10.8. The van der Waals surface area contributed by atoms with Crippen LogP contribution < -0.4 is 0 Å². The van der Waals surface area contributed by atoms with Crippen molar-refractivity contribution >= 4 is 5.97 Å². The lowest BCUT2D eigenvalue weighted by Crippen LogP contribution is -2.26. The first-order valence-electron chi connectivity index (χ1n) is 7.51. The fourth-order valence-electron chi connectivity index (χ4n) is 3.72. The number of hydrogen-bond donors (Lipinski definition) is 0. The van der Waals surface area contributed by atoms with Crippen LogP contribution >= 0.6 is 0 Å². The fourth-order valence-corrected chi connectivity index (χ4v) is 3.72. The predicted molar refractivity (Wildman–Crippen MR) is 73.2 cm³/mol. The lowest BCUT2D eigenvalue weighted by molar-refractivity contribution is -0.141. The van der Waals surface area contributed by atoms with E-state index in [0.717, 1.165) is 11.8 Å². The van der Waals surface area contributed by atoms with E-state index in [1.165, 1.54) is 51.4 Å². The minimum Gasteiger partial charge on any atom is -0.462 e. The van der Waals surface area contributed by atoms with E-state index in [0.29, 0.717) is 18.1 Å². The van der Waals surface area contributed by atoms with Crippen LogP contribution in [0.5, 0.6) is 0 Å². The van der Waals surface area contributed by atoms with Crippen molar-refractivity contribution in [3.05, 3.63) is 12.2 Å². The Morgan fingerprint density at radius 2 is 1.56 bits per heavy atom. The van der Waals surface area contributed by atoms with E-state index in [9.17, 15) is 4.79 Å². The summed E-state index contributed by atoms with van der Waals surface area (Å²) in [5.41, 5.74) is 0.520. The van der Waals surface area contributed by atoms with Crippen LogP contribution in [0.1, 0.15) is 58.3 Å². The molecule has 2 aliphatic rings. The second-order valence-corrected chi connectivity index (χ2v) is 6.13. The number of rotatable bonds is 5. The van der Waals surface area contributed by atoms with E-state index in [1.54, 1.807) is 6.92 Å². The molecule has 0 aromatic carbocycles. The Kier molecular flexibility index (Phi) is 4.85. The van der Waals surface area contributed by atoms with Gasteiger partial charge in [-0.25, -0.2) is 4.79 Å². The maximum Gasteiger partial charge on any atom is 0.333 e. The molecule has 2 fully saturated rings. The Balaban J connectivity index is 1.91. The van der Waals surface area contributed by atoms with Gasteiger partial charge in [0.05, 0.1) is 6.61 Å². The van der Waals surface area contributed by atoms with Crippen molar-refractivity contribution in [3.8, 4) is 0 Å². The molecule has 2 rings (SSSR count). The van der Waals surface area contributed by atoms with Crippen molar-refractivity contribution in [3.63, 3.8) is 0 Å². The summed E-state index contributed by atoms with van der Waals surface area (Å²) >= 11 is 0. The summed E-state index contributed by atoms with van der Waals surface area (Å²) in [4.78, 5) is 11.6. The van der Waals surface area contributed by atoms with Gasteiger partial charge in [-0.3, -0.25) is 0 Å². The number of esters is 1. The lowest BCUT2D eigenvalue weighted by atomic mass is 9.80. The minimum atomic E-state index is -0.212. The summed E-state index contributed by atoms with van der Waals surface area (Å²) < 4.78 is 5.45. The molecule has 2 heteroatoms. The highest BCUT2D eigenvalue weighted by atomic mass is 16.5. The van der Waals surface area contributed by atoms with E-state index >= 15 is 0 Å². The number of hydrogen-bond acceptors (Lipinski definition) is 2. The molecule has 0 atom stereocenters. The standard InChI is InChI=1S/C16H26O2/c1-12(2)16(17)18-11-15(13-7-3-4-8-13)14-9-5-6-10-14/h13-15H,1,3-11H2,2H3. The lowest BCUT2D eigenvalue weighted by Gasteiger charge is -2.28. The van der Waals surface area contributed by atoms with Crippen molar-refractivity contribution in [1.82, 2.24) is 0 Å². The molecule has 0 aromatic rings. The fraction of sp³-hybridized carbons (Fsp3) is 0.812. The summed E-state index contributed by atoms with van der Waals surface area (Å²) in [7, 11) is 0. The average Bonchev–Trinajstić information content (AvgIpc) is 3.01. The molecule has 0 amide bonds. The normalized spacial score (nSPS) is 21.7. The molecule has 0 spiro atoms. The summed E-state index contributed by atoms with van der Waals surface area (Å²) in [6, 6.07) is 0. The van der Waals surface area contributed by atoms with Crippen LogP contribution in [0.25, 0.3) is 0 Å². The second-order valence-electron chi connectivity index (χ2n) is 6.13. The molecule has 0 saturated heterocycles. The molecule has 2 nitrogen and oxygen atoms in total. The zero-order valence-electron chi connectivity index (χ0n) is 11.6. The molecule has 0 unspecified atom stereocenters. The molecular weight excluding hydrogens is 224 g/mol. The zero-order valence-corrected chi connectivity index (χ0v) is 11.6. The topological polar surface area (TPSA) is 26.3 Å². The van der Waals surface area contributed by atoms with Gasteiger partial charge in [0.25, 0.3) is 0 Å². The second kappa shape index (κ2) is 6.40. The molecule has 0 aliphatic heterocycles. The molecule has 18 heavy (non-hydrogen) atoms. The molecule has 102 valence electrons. The van der Waals surface area contributed by atoms with Crippen LogP contribution in [0.2, 0.25) is 0 Å². The van der Waals surface area contributed by atoms with Gasteiger partial charge < -0.3 is 4.74 Å². The molecule has 2 aliphatic carbocycles. The van der Waals surface area contributed by atoms with Crippen molar-refractivity contribution in [2.24, 2.45) is 17.8 Å². The zero-order chi connectivity index (χ0) is 13.0. The first-order valence-corrected chi connectivity index (χ1v) is 7.51. The van der Waals surface area contributed by atoms with Crippen LogP contribution in [-0.2, 0) is 9.53 Å². The minimum absolute atomic E-state index is 0.212. The Morgan fingerprint density at radius 3 is 1.94 bits per heavy atom. The summed E-state index contributed by atoms with van der Waals surface area (Å²) in [5.74, 6) is 1.99. The molecule has 0 bridgehead atoms. The SMILES string of the molecule is C=C(C)C(=O)OCC(C1CCCC1)C1CCCC1. The van der Waals surface area contributed by atoms with Gasteiger partial charge in [0.2, 0.25) is 0 Å². The Hall–Kier alpha value is -0.790. The average molecular weight is 250 g/mol. The summed E-state index contributed by atoms with van der Waals surface area (Å²) in [6.45, 7) is 6.00. The third kappa shape index (κ3) is 3.37. The Morgan fingerprint density at radius 1 is 1.11 bits per heavy atom. The van der Waals surface area contributed by atoms with E-state index < -0.39 is 0 Å². The molecular formula is C16H26O2. The Labute approximate surface area is 111 Å². The van der Waals surface area contributed by atoms with Crippen LogP contribution in [0.3, 0.4) is 0 Å². The maximum absolute atomic E-state index is 11.6. The van der Waals surface area contributed by atoms with Crippen molar-refractivity contribution < 1.29 is 9.53 Å². The van der Waals surface area contributed by atoms with Crippen molar-refractivity contribution in [2.45, 2.75) is 58.3 Å². The van der Waals surface area contributed by atoms with Gasteiger partial charge in [-0.1, -0.05) is 57.9 Å². The highest BCUT2D eigenvalue weighted by Crippen LogP contribution is 2.41. The van der Waals surface area contributed by atoms with Gasteiger partial charge in [0.15, 0.2) is 0 Å². The smallest absolute Gasteiger partial charge is 0.333 e. The number of carbonyl (C=O) groups excluding carboxylic acids is 1. The van der Waals surface area contributed by atoms with Gasteiger partial charge >= 0.3 is 5.97 Å². The third-order valence-corrected chi connectivity index (χ3v) is 4.77. The van der Waals surface area contributed by atoms with Crippen LogP contribution in [0, 0.1) is 17.8 Å². The largest absolute Gasteiger partial charge is 0.462 e.